The zero-order valence-electron chi connectivity index (χ0n) is 24.2. The van der Waals surface area contributed by atoms with Crippen LogP contribution < -0.4 is 59.1 Å². The predicted molar refractivity (Wildman–Crippen MR) is 136 cm³/mol. The van der Waals surface area contributed by atoms with Gasteiger partial charge in [-0.2, -0.15) is 0 Å². The van der Waals surface area contributed by atoms with Crippen LogP contribution in [0.5, 0.6) is 0 Å². The summed E-state index contributed by atoms with van der Waals surface area (Å²) < 4.78 is 86.0. The Bertz CT molecular complexity index is 649. The molecule has 0 N–H and O–H groups in total. The Morgan fingerprint density at radius 3 is 1.03 bits per heavy atom. The molecule has 0 unspecified atom stereocenters. The van der Waals surface area contributed by atoms with Crippen LogP contribution in [0.25, 0.3) is 0 Å². The Morgan fingerprint density at radius 2 is 0.763 bits per heavy atom. The molecule has 14 heteroatoms. The topological polar surface area (TPSA) is 151 Å². The molecular formula is C24H48Na2O10S2. The third-order valence-corrected chi connectivity index (χ3v) is 6.68. The van der Waals surface area contributed by atoms with Gasteiger partial charge in [0, 0.05) is 13.2 Å². The summed E-state index contributed by atoms with van der Waals surface area (Å²) in [7, 11) is -9.99. The molecule has 0 rings (SSSR count). The van der Waals surface area contributed by atoms with Gasteiger partial charge in [-0.3, -0.25) is 8.37 Å². The summed E-state index contributed by atoms with van der Waals surface area (Å²) in [6.07, 6.45) is 15.0. The molecule has 2 atom stereocenters. The van der Waals surface area contributed by atoms with Gasteiger partial charge in [-0.15, -0.1) is 0 Å². The molecule has 0 saturated carbocycles. The first-order valence-corrected chi connectivity index (χ1v) is 16.2. The van der Waals surface area contributed by atoms with Crippen LogP contribution in [0.15, 0.2) is 0 Å². The van der Waals surface area contributed by atoms with E-state index >= 15 is 0 Å². The molecule has 10 nitrogen and oxygen atoms in total. The van der Waals surface area contributed by atoms with Crippen molar-refractivity contribution in [2.75, 3.05) is 26.4 Å². The molecule has 0 bridgehead atoms. The van der Waals surface area contributed by atoms with Crippen molar-refractivity contribution in [1.29, 1.82) is 0 Å². The summed E-state index contributed by atoms with van der Waals surface area (Å²) in [5.41, 5.74) is 0. The van der Waals surface area contributed by atoms with Crippen LogP contribution in [0.3, 0.4) is 0 Å². The maximum atomic E-state index is 11.0. The number of ether oxygens (including phenoxy) is 2. The monoisotopic (exact) mass is 606 g/mol. The van der Waals surface area contributed by atoms with Crippen LogP contribution in [-0.4, -0.2) is 64.6 Å². The van der Waals surface area contributed by atoms with E-state index < -0.39 is 46.2 Å². The average Bonchev–Trinajstić information content (AvgIpc) is 2.79. The van der Waals surface area contributed by atoms with Crippen molar-refractivity contribution in [3.05, 3.63) is 0 Å². The summed E-state index contributed by atoms with van der Waals surface area (Å²) in [5.74, 6) is 0. The van der Waals surface area contributed by atoms with Gasteiger partial charge in [-0.25, -0.2) is 16.8 Å². The molecule has 0 amide bonds. The van der Waals surface area contributed by atoms with Crippen molar-refractivity contribution in [2.45, 2.75) is 129 Å². The maximum absolute atomic E-state index is 11.0. The number of hydrogen-bond acceptors (Lipinski definition) is 10. The average molecular weight is 607 g/mol. The molecule has 0 spiro atoms. The summed E-state index contributed by atoms with van der Waals surface area (Å²) in [6, 6.07) is 0. The molecule has 0 fully saturated rings. The minimum Gasteiger partial charge on any atom is -0.726 e. The van der Waals surface area contributed by atoms with Gasteiger partial charge in [-0.05, 0) is 12.8 Å². The molecule has 0 aliphatic carbocycles. The fourth-order valence-corrected chi connectivity index (χ4v) is 4.37. The fraction of sp³-hybridized carbons (Fsp3) is 1.00. The quantitative estimate of drug-likeness (QED) is 0.0493. The van der Waals surface area contributed by atoms with E-state index in [4.69, 9.17) is 9.47 Å². The van der Waals surface area contributed by atoms with Crippen molar-refractivity contribution in [1.82, 2.24) is 0 Å². The normalized spacial score (nSPS) is 13.5. The molecule has 0 radical (unpaired) electrons. The van der Waals surface area contributed by atoms with Gasteiger partial charge < -0.3 is 18.6 Å². The smallest absolute Gasteiger partial charge is 0.726 e. The van der Waals surface area contributed by atoms with E-state index in [-0.39, 0.29) is 72.3 Å². The van der Waals surface area contributed by atoms with Crippen molar-refractivity contribution in [3.8, 4) is 0 Å². The van der Waals surface area contributed by atoms with Crippen LogP contribution in [0, 0.1) is 0 Å². The van der Waals surface area contributed by atoms with E-state index in [0.717, 1.165) is 38.5 Å². The maximum Gasteiger partial charge on any atom is 1.00 e. The molecule has 0 saturated heterocycles. The van der Waals surface area contributed by atoms with Crippen molar-refractivity contribution in [2.24, 2.45) is 0 Å². The van der Waals surface area contributed by atoms with Gasteiger partial charge in [0.15, 0.2) is 0 Å². The number of rotatable bonds is 27. The van der Waals surface area contributed by atoms with Crippen molar-refractivity contribution < 1.29 is 103 Å². The summed E-state index contributed by atoms with van der Waals surface area (Å²) in [5, 5.41) is 0. The first-order valence-electron chi connectivity index (χ1n) is 13.5. The number of unbranched alkanes of at least 4 members (excludes halogenated alkanes) is 14. The molecule has 0 aromatic heterocycles. The molecule has 0 aliphatic rings. The first-order chi connectivity index (χ1) is 17.1. The molecule has 0 aliphatic heterocycles. The largest absolute Gasteiger partial charge is 1.00 e. The number of hydrogen-bond donors (Lipinski definition) is 0. The molecular weight excluding hydrogens is 558 g/mol. The van der Waals surface area contributed by atoms with E-state index in [0.29, 0.717) is 12.8 Å². The Kier molecular flexibility index (Phi) is 33.4. The van der Waals surface area contributed by atoms with Crippen LogP contribution in [0.4, 0.5) is 0 Å². The van der Waals surface area contributed by atoms with E-state index in [1.54, 1.807) is 0 Å². The van der Waals surface area contributed by atoms with Gasteiger partial charge >= 0.3 is 59.1 Å². The molecule has 0 aromatic carbocycles. The van der Waals surface area contributed by atoms with Crippen LogP contribution in [-0.2, 0) is 38.6 Å². The van der Waals surface area contributed by atoms with Crippen LogP contribution in [0.2, 0.25) is 0 Å². The van der Waals surface area contributed by atoms with Gasteiger partial charge in [0.25, 0.3) is 0 Å². The predicted octanol–water partition coefficient (Wildman–Crippen LogP) is -1.00. The minimum atomic E-state index is -5.00. The van der Waals surface area contributed by atoms with Gasteiger partial charge in [0.2, 0.25) is 20.8 Å². The third kappa shape index (κ3) is 32.2. The van der Waals surface area contributed by atoms with E-state index in [9.17, 15) is 25.9 Å². The van der Waals surface area contributed by atoms with Crippen molar-refractivity contribution in [3.63, 3.8) is 0 Å². The summed E-state index contributed by atoms with van der Waals surface area (Å²) in [4.78, 5) is 0. The zero-order valence-corrected chi connectivity index (χ0v) is 29.8. The van der Waals surface area contributed by atoms with Crippen LogP contribution >= 0.6 is 0 Å². The summed E-state index contributed by atoms with van der Waals surface area (Å²) >= 11 is 0. The van der Waals surface area contributed by atoms with Gasteiger partial charge in [0.1, 0.15) is 12.2 Å². The Balaban J connectivity index is -0.00000612. The first kappa shape index (κ1) is 44.1. The van der Waals surface area contributed by atoms with E-state index in [1.807, 2.05) is 0 Å². The Hall–Kier alpha value is 1.66. The molecule has 38 heavy (non-hydrogen) atoms. The van der Waals surface area contributed by atoms with Gasteiger partial charge in [0.05, 0.1) is 13.2 Å². The minimum absolute atomic E-state index is 0. The van der Waals surface area contributed by atoms with E-state index in [2.05, 4.69) is 22.2 Å². The van der Waals surface area contributed by atoms with Gasteiger partial charge in [-0.1, -0.05) is 104 Å². The van der Waals surface area contributed by atoms with Crippen LogP contribution in [0.1, 0.15) is 117 Å². The van der Waals surface area contributed by atoms with Crippen molar-refractivity contribution >= 4 is 20.8 Å². The molecule has 218 valence electrons. The summed E-state index contributed by atoms with van der Waals surface area (Å²) in [6.45, 7) is 3.49. The SMILES string of the molecule is CCCCCCCCCCO[C@@H](COS(=O)(=O)[O-])[C@H](COS(=O)(=O)[O-])OCCCCCCCCCC.[Na+].[Na+]. The third-order valence-electron chi connectivity index (χ3n) is 5.83. The molecule has 0 heterocycles. The second-order valence-corrected chi connectivity index (χ2v) is 11.3. The second-order valence-electron chi connectivity index (χ2n) is 9.15. The molecule has 0 aromatic rings. The standard InChI is InChI=1S/C24H50O10S2.2Na/c1-3-5-7-9-11-13-15-17-19-31-23(21-33-35(25,26)27)24(22-34-36(28,29)30)32-20-18-16-14-12-10-8-6-4-2;;/h23-24H,3-22H2,1-2H3,(H,25,26,27)(H,28,29,30);;/q;2*+1/p-2/t23-,24-;;/m0../s1. The second kappa shape index (κ2) is 28.8. The zero-order chi connectivity index (χ0) is 27.1. The Morgan fingerprint density at radius 1 is 0.500 bits per heavy atom. The van der Waals surface area contributed by atoms with E-state index in [1.165, 1.54) is 51.4 Å². The Labute approximate surface area is 276 Å². The fourth-order valence-electron chi connectivity index (χ4n) is 3.77.